The van der Waals surface area contributed by atoms with Crippen molar-refractivity contribution in [1.29, 1.82) is 0 Å². The van der Waals surface area contributed by atoms with Gasteiger partial charge in [0.2, 0.25) is 0 Å². The third-order valence-corrected chi connectivity index (χ3v) is 6.93. The number of carbonyl (C=O) groups excluding carboxylic acids is 2. The molecule has 1 N–H and O–H groups in total. The summed E-state index contributed by atoms with van der Waals surface area (Å²) in [6.07, 6.45) is 0. The molecule has 1 aliphatic heterocycles. The summed E-state index contributed by atoms with van der Waals surface area (Å²) in [5.74, 6) is -1.34. The molecule has 1 fully saturated rings. The topological polar surface area (TPSA) is 89.0 Å². The van der Waals surface area contributed by atoms with Crippen molar-refractivity contribution in [3.63, 3.8) is 0 Å². The Morgan fingerprint density at radius 3 is 2.41 bits per heavy atom. The number of anilines is 1. The Bertz CT molecular complexity index is 1530. The lowest BCUT2D eigenvalue weighted by atomic mass is 9.95. The molecule has 2 heterocycles. The van der Waals surface area contributed by atoms with Gasteiger partial charge in [0.25, 0.3) is 5.78 Å². The molecule has 188 valence electrons. The molecule has 0 spiro atoms. The van der Waals surface area contributed by atoms with Crippen LogP contribution in [0.3, 0.4) is 0 Å². The average Bonchev–Trinajstić information content (AvgIpc) is 3.42. The molecule has 1 aliphatic rings. The highest BCUT2D eigenvalue weighted by molar-refractivity contribution is 7.22. The Hall–Kier alpha value is -4.24. The first-order chi connectivity index (χ1) is 17.9. The van der Waals surface area contributed by atoms with Crippen LogP contribution in [0, 0.1) is 5.82 Å². The monoisotopic (exact) mass is 518 g/mol. The van der Waals surface area contributed by atoms with Gasteiger partial charge in [-0.2, -0.15) is 0 Å². The van der Waals surface area contributed by atoms with E-state index in [4.69, 9.17) is 9.47 Å². The molecule has 1 unspecified atom stereocenters. The smallest absolute Gasteiger partial charge is 0.301 e. The zero-order valence-electron chi connectivity index (χ0n) is 20.1. The van der Waals surface area contributed by atoms with E-state index in [0.717, 1.165) is 4.70 Å². The van der Waals surface area contributed by atoms with E-state index in [0.29, 0.717) is 40.9 Å². The minimum atomic E-state index is -0.975. The molecule has 3 aromatic carbocycles. The van der Waals surface area contributed by atoms with Crippen molar-refractivity contribution < 1.29 is 28.6 Å². The Labute approximate surface area is 216 Å². The summed E-state index contributed by atoms with van der Waals surface area (Å²) in [6, 6.07) is 16.5. The molecule has 5 rings (SSSR count). The minimum Gasteiger partial charge on any atom is -0.507 e. The highest BCUT2D eigenvalue weighted by Crippen LogP contribution is 2.45. The number of ether oxygens (including phenoxy) is 2. The number of amides is 1. The number of aliphatic hydroxyl groups excluding tert-OH is 1. The van der Waals surface area contributed by atoms with Gasteiger partial charge in [-0.1, -0.05) is 23.5 Å². The maximum atomic E-state index is 13.5. The van der Waals surface area contributed by atoms with Crippen molar-refractivity contribution in [2.45, 2.75) is 19.9 Å². The summed E-state index contributed by atoms with van der Waals surface area (Å²) in [4.78, 5) is 32.7. The van der Waals surface area contributed by atoms with Crippen LogP contribution in [-0.4, -0.2) is 35.0 Å². The van der Waals surface area contributed by atoms with Gasteiger partial charge in [-0.05, 0) is 74.0 Å². The Kier molecular flexibility index (Phi) is 6.62. The number of halogens is 1. The van der Waals surface area contributed by atoms with Gasteiger partial charge in [-0.15, -0.1) is 0 Å². The predicted octanol–water partition coefficient (Wildman–Crippen LogP) is 5.86. The van der Waals surface area contributed by atoms with Crippen molar-refractivity contribution in [3.8, 4) is 11.5 Å². The van der Waals surface area contributed by atoms with Crippen molar-refractivity contribution in [2.24, 2.45) is 0 Å². The molecule has 4 aromatic rings. The predicted molar refractivity (Wildman–Crippen MR) is 140 cm³/mol. The molecular weight excluding hydrogens is 495 g/mol. The molecule has 0 saturated carbocycles. The lowest BCUT2D eigenvalue weighted by Gasteiger charge is -2.23. The highest BCUT2D eigenvalue weighted by Gasteiger charge is 2.48. The minimum absolute atomic E-state index is 0.112. The zero-order valence-corrected chi connectivity index (χ0v) is 20.9. The van der Waals surface area contributed by atoms with E-state index in [9.17, 15) is 19.1 Å². The Morgan fingerprint density at radius 2 is 1.70 bits per heavy atom. The second-order valence-electron chi connectivity index (χ2n) is 8.24. The number of ketones is 1. The van der Waals surface area contributed by atoms with E-state index in [1.165, 1.54) is 40.5 Å². The number of nitrogens with zero attached hydrogens (tertiary/aromatic N) is 2. The van der Waals surface area contributed by atoms with Crippen LogP contribution in [0.2, 0.25) is 0 Å². The van der Waals surface area contributed by atoms with Crippen molar-refractivity contribution in [2.75, 3.05) is 18.1 Å². The molecule has 7 nitrogen and oxygen atoms in total. The van der Waals surface area contributed by atoms with Gasteiger partial charge in [0.15, 0.2) is 5.13 Å². The number of aromatic nitrogens is 1. The largest absolute Gasteiger partial charge is 0.507 e. The van der Waals surface area contributed by atoms with Gasteiger partial charge in [0, 0.05) is 5.56 Å². The van der Waals surface area contributed by atoms with E-state index in [-0.39, 0.29) is 11.1 Å². The second kappa shape index (κ2) is 10.0. The summed E-state index contributed by atoms with van der Waals surface area (Å²) in [6.45, 7) is 4.68. The lowest BCUT2D eigenvalue weighted by Crippen LogP contribution is -2.29. The van der Waals surface area contributed by atoms with Gasteiger partial charge in [-0.25, -0.2) is 9.37 Å². The number of rotatable bonds is 7. The first-order valence-electron chi connectivity index (χ1n) is 11.7. The molecular formula is C28H23FN2O5S. The summed E-state index contributed by atoms with van der Waals surface area (Å²) in [7, 11) is 0. The third kappa shape index (κ3) is 4.53. The fourth-order valence-corrected chi connectivity index (χ4v) is 5.32. The fraction of sp³-hybridized carbons (Fsp3) is 0.179. The number of hydrogen-bond donors (Lipinski definition) is 1. The lowest BCUT2D eigenvalue weighted by molar-refractivity contribution is -0.132. The molecule has 0 bridgehead atoms. The third-order valence-electron chi connectivity index (χ3n) is 5.91. The number of thiazole rings is 1. The number of hydrogen-bond acceptors (Lipinski definition) is 7. The summed E-state index contributed by atoms with van der Waals surface area (Å²) < 4.78 is 25.5. The van der Waals surface area contributed by atoms with Gasteiger partial charge in [0.05, 0.1) is 35.0 Å². The molecule has 1 amide bonds. The molecule has 37 heavy (non-hydrogen) atoms. The number of benzene rings is 3. The standard InChI is InChI=1S/C28H23FN2O5S/c1-3-35-19-7-5-6-17(14-19)24-23(25(32)16-8-10-18(29)11-9-16)26(33)27(34)31(24)28-30-21-13-12-20(36-4-2)15-22(21)37-28/h5-15,24,32H,3-4H2,1-2H3. The SMILES string of the molecule is CCOc1cccc(C2C(=C(O)c3ccc(F)cc3)C(=O)C(=O)N2c2nc3ccc(OCC)cc3s2)c1. The van der Waals surface area contributed by atoms with Crippen LogP contribution in [0.4, 0.5) is 9.52 Å². The number of aliphatic hydroxyl groups is 1. The molecule has 1 saturated heterocycles. The second-order valence-corrected chi connectivity index (χ2v) is 9.25. The van der Waals surface area contributed by atoms with Gasteiger partial charge in [0.1, 0.15) is 23.1 Å². The van der Waals surface area contributed by atoms with E-state index < -0.39 is 29.3 Å². The number of carbonyl (C=O) groups is 2. The normalized spacial score (nSPS) is 16.9. The highest BCUT2D eigenvalue weighted by atomic mass is 32.1. The van der Waals surface area contributed by atoms with Crippen LogP contribution in [-0.2, 0) is 9.59 Å². The fourth-order valence-electron chi connectivity index (χ4n) is 4.30. The molecule has 9 heteroatoms. The number of fused-ring (bicyclic) bond motifs is 1. The van der Waals surface area contributed by atoms with Crippen molar-refractivity contribution in [3.05, 3.63) is 89.2 Å². The molecule has 0 aliphatic carbocycles. The number of Topliss-reactive ketones (excluding diaryl/α,β-unsaturated/α-hetero) is 1. The van der Waals surface area contributed by atoms with E-state index in [2.05, 4.69) is 4.98 Å². The molecule has 1 aromatic heterocycles. The Morgan fingerprint density at radius 1 is 1.00 bits per heavy atom. The first-order valence-corrected chi connectivity index (χ1v) is 12.6. The van der Waals surface area contributed by atoms with Crippen molar-refractivity contribution >= 4 is 44.1 Å². The van der Waals surface area contributed by atoms with Crippen LogP contribution in [0.25, 0.3) is 16.0 Å². The quantitative estimate of drug-likeness (QED) is 0.187. The van der Waals surface area contributed by atoms with Crippen LogP contribution in [0.15, 0.2) is 72.3 Å². The average molecular weight is 519 g/mol. The van der Waals surface area contributed by atoms with E-state index in [1.54, 1.807) is 36.4 Å². The Balaban J connectivity index is 1.69. The van der Waals surface area contributed by atoms with Crippen LogP contribution in [0.5, 0.6) is 11.5 Å². The maximum absolute atomic E-state index is 13.5. The van der Waals surface area contributed by atoms with Crippen LogP contribution >= 0.6 is 11.3 Å². The zero-order chi connectivity index (χ0) is 26.1. The summed E-state index contributed by atoms with van der Waals surface area (Å²) in [5.41, 5.74) is 1.31. The van der Waals surface area contributed by atoms with E-state index >= 15 is 0 Å². The first kappa shape index (κ1) is 24.5. The summed E-state index contributed by atoms with van der Waals surface area (Å²) in [5, 5.41) is 11.5. The maximum Gasteiger partial charge on any atom is 0.301 e. The summed E-state index contributed by atoms with van der Waals surface area (Å²) >= 11 is 1.24. The molecule has 0 radical (unpaired) electrons. The van der Waals surface area contributed by atoms with Crippen molar-refractivity contribution in [1.82, 2.24) is 4.98 Å². The van der Waals surface area contributed by atoms with E-state index in [1.807, 2.05) is 19.9 Å². The van der Waals surface area contributed by atoms with Crippen LogP contribution < -0.4 is 14.4 Å². The van der Waals surface area contributed by atoms with Gasteiger partial charge < -0.3 is 14.6 Å². The van der Waals surface area contributed by atoms with Crippen LogP contribution in [0.1, 0.15) is 31.0 Å². The molecule has 1 atom stereocenters. The van der Waals surface area contributed by atoms with Gasteiger partial charge in [-0.3, -0.25) is 14.5 Å². The van der Waals surface area contributed by atoms with Gasteiger partial charge >= 0.3 is 5.91 Å².